The molecule has 0 aliphatic heterocycles. The first kappa shape index (κ1) is 21.4. The van der Waals surface area contributed by atoms with Gasteiger partial charge in [-0.2, -0.15) is 5.10 Å². The molecule has 1 aromatic heterocycles. The highest BCUT2D eigenvalue weighted by atomic mass is 32.1. The van der Waals surface area contributed by atoms with Gasteiger partial charge in [-0.15, -0.1) is 11.3 Å². The van der Waals surface area contributed by atoms with E-state index in [1.807, 2.05) is 36.4 Å². The van der Waals surface area contributed by atoms with Crippen molar-refractivity contribution in [2.75, 3.05) is 11.9 Å². The van der Waals surface area contributed by atoms with Crippen molar-refractivity contribution in [3.63, 3.8) is 0 Å². The van der Waals surface area contributed by atoms with Gasteiger partial charge in [-0.1, -0.05) is 36.4 Å². The molecule has 2 amide bonds. The van der Waals surface area contributed by atoms with Gasteiger partial charge in [0.2, 0.25) is 0 Å². The number of hydrazone groups is 1. The second-order valence-corrected chi connectivity index (χ2v) is 7.68. The highest BCUT2D eigenvalue weighted by molar-refractivity contribution is 7.17. The lowest BCUT2D eigenvalue weighted by molar-refractivity contribution is -0.136. The van der Waals surface area contributed by atoms with E-state index in [2.05, 4.69) is 15.8 Å². The molecule has 0 saturated heterocycles. The Morgan fingerprint density at radius 1 is 1.13 bits per heavy atom. The lowest BCUT2D eigenvalue weighted by atomic mass is 9.95. The number of ether oxygens (including phenoxy) is 1. The Morgan fingerprint density at radius 3 is 2.67 bits per heavy atom. The molecule has 1 heterocycles. The van der Waals surface area contributed by atoms with Crippen LogP contribution in [0, 0.1) is 0 Å². The van der Waals surface area contributed by atoms with Gasteiger partial charge in [0.15, 0.2) is 0 Å². The number of anilines is 1. The first-order valence-electron chi connectivity index (χ1n) is 9.78. The smallest absolute Gasteiger partial charge is 0.341 e. The maximum Gasteiger partial charge on any atom is 0.341 e. The van der Waals surface area contributed by atoms with Crippen LogP contribution in [0.5, 0.6) is 0 Å². The van der Waals surface area contributed by atoms with Crippen molar-refractivity contribution in [2.45, 2.75) is 32.6 Å². The number of esters is 1. The molecule has 2 N–H and O–H groups in total. The van der Waals surface area contributed by atoms with Crippen LogP contribution in [0.15, 0.2) is 41.5 Å². The molecule has 0 unspecified atom stereocenters. The van der Waals surface area contributed by atoms with E-state index < -0.39 is 17.8 Å². The molecule has 0 saturated carbocycles. The van der Waals surface area contributed by atoms with Gasteiger partial charge in [0.1, 0.15) is 5.00 Å². The third kappa shape index (κ3) is 5.42. The Balaban J connectivity index is 1.63. The highest BCUT2D eigenvalue weighted by Gasteiger charge is 2.28. The minimum Gasteiger partial charge on any atom is -0.462 e. The Bertz CT molecular complexity index is 980. The van der Waals surface area contributed by atoms with E-state index in [4.69, 9.17) is 4.74 Å². The van der Waals surface area contributed by atoms with Crippen molar-refractivity contribution in [3.05, 3.63) is 58.0 Å². The average molecular weight is 426 g/mol. The summed E-state index contributed by atoms with van der Waals surface area (Å²) < 4.78 is 5.15. The van der Waals surface area contributed by atoms with Crippen LogP contribution >= 0.6 is 11.3 Å². The Morgan fingerprint density at radius 2 is 1.90 bits per heavy atom. The SMILES string of the molecule is CCOC(=O)c1c(NC(=O)C(=O)NN=CC=Cc2ccccc2)sc2c1CCCC2. The molecule has 0 bridgehead atoms. The zero-order valence-corrected chi connectivity index (χ0v) is 17.5. The molecular formula is C22H23N3O4S. The molecule has 156 valence electrons. The second kappa shape index (κ2) is 10.5. The van der Waals surface area contributed by atoms with Gasteiger partial charge in [0.25, 0.3) is 0 Å². The number of nitrogens with one attached hydrogen (secondary N) is 2. The number of carbonyl (C=O) groups is 3. The third-order valence-electron chi connectivity index (χ3n) is 4.50. The van der Waals surface area contributed by atoms with Gasteiger partial charge in [0, 0.05) is 11.1 Å². The Kier molecular flexibility index (Phi) is 7.51. The number of carbonyl (C=O) groups excluding carboxylic acids is 3. The number of amides is 2. The van der Waals surface area contributed by atoms with Gasteiger partial charge >= 0.3 is 17.8 Å². The molecule has 1 aliphatic carbocycles. The van der Waals surface area contributed by atoms with Crippen LogP contribution in [0.3, 0.4) is 0 Å². The molecule has 0 fully saturated rings. The number of thiophene rings is 1. The van der Waals surface area contributed by atoms with Crippen molar-refractivity contribution >= 4 is 46.4 Å². The summed E-state index contributed by atoms with van der Waals surface area (Å²) in [5, 5.41) is 6.64. The fraction of sp³-hybridized carbons (Fsp3) is 0.273. The first-order valence-corrected chi connectivity index (χ1v) is 10.6. The quantitative estimate of drug-likeness (QED) is 0.320. The molecule has 8 heteroatoms. The maximum absolute atomic E-state index is 12.4. The topological polar surface area (TPSA) is 96.9 Å². The molecule has 0 atom stereocenters. The van der Waals surface area contributed by atoms with Crippen LogP contribution in [0.4, 0.5) is 5.00 Å². The predicted molar refractivity (Wildman–Crippen MR) is 118 cm³/mol. The van der Waals surface area contributed by atoms with E-state index in [-0.39, 0.29) is 6.61 Å². The summed E-state index contributed by atoms with van der Waals surface area (Å²) in [5.41, 5.74) is 4.46. The van der Waals surface area contributed by atoms with Gasteiger partial charge in [-0.3, -0.25) is 9.59 Å². The molecular weight excluding hydrogens is 402 g/mol. The molecule has 30 heavy (non-hydrogen) atoms. The van der Waals surface area contributed by atoms with Crippen LogP contribution < -0.4 is 10.7 Å². The molecule has 7 nitrogen and oxygen atoms in total. The lowest BCUT2D eigenvalue weighted by Gasteiger charge is -2.12. The maximum atomic E-state index is 12.4. The predicted octanol–water partition coefficient (Wildman–Crippen LogP) is 3.56. The number of benzene rings is 1. The van der Waals surface area contributed by atoms with Gasteiger partial charge in [-0.25, -0.2) is 10.2 Å². The van der Waals surface area contributed by atoms with E-state index in [0.717, 1.165) is 41.7 Å². The first-order chi connectivity index (χ1) is 14.6. The van der Waals surface area contributed by atoms with Crippen molar-refractivity contribution in [2.24, 2.45) is 5.10 Å². The van der Waals surface area contributed by atoms with Crippen molar-refractivity contribution in [1.82, 2.24) is 5.43 Å². The number of hydrogen-bond donors (Lipinski definition) is 2. The van der Waals surface area contributed by atoms with Crippen LogP contribution in [0.1, 0.15) is 46.1 Å². The van der Waals surface area contributed by atoms with E-state index >= 15 is 0 Å². The largest absolute Gasteiger partial charge is 0.462 e. The average Bonchev–Trinajstić information content (AvgIpc) is 3.12. The van der Waals surface area contributed by atoms with Gasteiger partial charge in [0.05, 0.1) is 12.2 Å². The second-order valence-electron chi connectivity index (χ2n) is 6.58. The Labute approximate surface area is 178 Å². The zero-order chi connectivity index (χ0) is 21.3. The van der Waals surface area contributed by atoms with Crippen LogP contribution in [0.2, 0.25) is 0 Å². The van der Waals surface area contributed by atoms with E-state index in [1.54, 1.807) is 13.0 Å². The standard InChI is InChI=1S/C22H23N3O4S/c1-2-29-22(28)18-16-12-6-7-13-17(16)30-21(18)24-19(26)20(27)25-23-14-8-11-15-9-4-3-5-10-15/h3-5,8-11,14H,2,6-7,12-13H2,1H3,(H,24,26)(H,25,27). The Hall–Kier alpha value is -3.26. The van der Waals surface area contributed by atoms with Crippen molar-refractivity contribution < 1.29 is 19.1 Å². The summed E-state index contributed by atoms with van der Waals surface area (Å²) in [6.07, 6.45) is 8.49. The molecule has 0 radical (unpaired) electrons. The molecule has 3 rings (SSSR count). The van der Waals surface area contributed by atoms with E-state index in [0.29, 0.717) is 10.6 Å². The van der Waals surface area contributed by atoms with Crippen LogP contribution in [-0.2, 0) is 27.2 Å². The number of hydrogen-bond acceptors (Lipinski definition) is 6. The molecule has 2 aromatic rings. The normalized spacial score (nSPS) is 13.2. The summed E-state index contributed by atoms with van der Waals surface area (Å²) in [6.45, 7) is 1.97. The van der Waals surface area contributed by atoms with Crippen LogP contribution in [-0.4, -0.2) is 30.6 Å². The summed E-state index contributed by atoms with van der Waals surface area (Å²) in [4.78, 5) is 37.8. The third-order valence-corrected chi connectivity index (χ3v) is 5.71. The lowest BCUT2D eigenvalue weighted by Crippen LogP contribution is -2.32. The summed E-state index contributed by atoms with van der Waals surface area (Å²) in [6, 6.07) is 9.60. The van der Waals surface area contributed by atoms with Gasteiger partial charge < -0.3 is 10.1 Å². The monoisotopic (exact) mass is 425 g/mol. The fourth-order valence-electron chi connectivity index (χ4n) is 3.14. The highest BCUT2D eigenvalue weighted by Crippen LogP contribution is 2.38. The van der Waals surface area contributed by atoms with E-state index in [1.165, 1.54) is 17.6 Å². The van der Waals surface area contributed by atoms with E-state index in [9.17, 15) is 14.4 Å². The minimum absolute atomic E-state index is 0.239. The number of rotatable bonds is 6. The van der Waals surface area contributed by atoms with Crippen LogP contribution in [0.25, 0.3) is 6.08 Å². The summed E-state index contributed by atoms with van der Waals surface area (Å²) in [7, 11) is 0. The van der Waals surface area contributed by atoms with Gasteiger partial charge in [-0.05, 0) is 49.8 Å². The summed E-state index contributed by atoms with van der Waals surface area (Å²) >= 11 is 1.33. The van der Waals surface area contributed by atoms with Crippen molar-refractivity contribution in [3.8, 4) is 0 Å². The zero-order valence-electron chi connectivity index (χ0n) is 16.6. The molecule has 1 aliphatic rings. The summed E-state index contributed by atoms with van der Waals surface area (Å²) in [5.74, 6) is -2.28. The number of nitrogens with zero attached hydrogens (tertiary/aromatic N) is 1. The minimum atomic E-state index is -0.916. The molecule has 0 spiro atoms. The number of allylic oxidation sites excluding steroid dienone is 1. The fourth-order valence-corrected chi connectivity index (χ4v) is 4.41. The van der Waals surface area contributed by atoms with Crippen molar-refractivity contribution in [1.29, 1.82) is 0 Å². The molecule has 1 aromatic carbocycles. The number of aryl methyl sites for hydroxylation is 1. The number of fused-ring (bicyclic) bond motifs is 1.